The van der Waals surface area contributed by atoms with Crippen LogP contribution in [0.2, 0.25) is 0 Å². The molecule has 2 saturated carbocycles. The fourth-order valence-electron chi connectivity index (χ4n) is 5.28. The predicted octanol–water partition coefficient (Wildman–Crippen LogP) is 5.09. The first-order valence-corrected chi connectivity index (χ1v) is 9.01. The third-order valence-corrected chi connectivity index (χ3v) is 6.22. The van der Waals surface area contributed by atoms with Crippen LogP contribution in [0.25, 0.3) is 0 Å². The molecule has 4 atom stereocenters. The van der Waals surface area contributed by atoms with Crippen LogP contribution in [0, 0.1) is 5.92 Å². The van der Waals surface area contributed by atoms with Crippen LogP contribution in [0.3, 0.4) is 0 Å². The Morgan fingerprint density at radius 3 is 1.76 bits per heavy atom. The van der Waals surface area contributed by atoms with E-state index in [1.165, 1.54) is 16.7 Å². The molecule has 0 unspecified atom stereocenters. The second-order valence-corrected chi connectivity index (χ2v) is 7.30. The number of Topliss-reactive ketones (excluding diaryl/α,β-unsaturated/α-hetero) is 1. The van der Waals surface area contributed by atoms with Gasteiger partial charge in [-0.2, -0.15) is 0 Å². The van der Waals surface area contributed by atoms with Gasteiger partial charge >= 0.3 is 0 Å². The summed E-state index contributed by atoms with van der Waals surface area (Å²) in [6, 6.07) is 31.9. The van der Waals surface area contributed by atoms with Gasteiger partial charge in [0.05, 0.1) is 0 Å². The molecule has 0 saturated heterocycles. The molecule has 122 valence electrons. The standard InChI is InChI=1S/C24H20O/c25-21-16-20(17-10-4-1-5-11-17)24(19-14-8-3-9-15-19)22(23(21)24)18-12-6-2-7-13-18/h1-15,20,22-23H,16H2/t20-,22+,23-,24+/m1/s1. The number of carbonyl (C=O) groups is 1. The Labute approximate surface area is 148 Å². The summed E-state index contributed by atoms with van der Waals surface area (Å²) in [5.41, 5.74) is 3.82. The van der Waals surface area contributed by atoms with E-state index in [1.807, 2.05) is 6.07 Å². The summed E-state index contributed by atoms with van der Waals surface area (Å²) in [4.78, 5) is 13.0. The zero-order chi connectivity index (χ0) is 16.9. The van der Waals surface area contributed by atoms with Gasteiger partial charge in [0.2, 0.25) is 0 Å². The van der Waals surface area contributed by atoms with Gasteiger partial charge in [-0.05, 0) is 16.7 Å². The van der Waals surface area contributed by atoms with Gasteiger partial charge in [0.25, 0.3) is 0 Å². The summed E-state index contributed by atoms with van der Waals surface area (Å²) in [6.45, 7) is 0. The summed E-state index contributed by atoms with van der Waals surface area (Å²) in [6.07, 6.45) is 0.660. The molecule has 2 aliphatic carbocycles. The van der Waals surface area contributed by atoms with Crippen LogP contribution in [0.5, 0.6) is 0 Å². The monoisotopic (exact) mass is 324 g/mol. The number of fused-ring (bicyclic) bond motifs is 1. The molecule has 0 heterocycles. The summed E-state index contributed by atoms with van der Waals surface area (Å²) in [7, 11) is 0. The average molecular weight is 324 g/mol. The maximum Gasteiger partial charge on any atom is 0.138 e. The molecule has 2 aliphatic rings. The topological polar surface area (TPSA) is 17.1 Å². The molecule has 2 fully saturated rings. The van der Waals surface area contributed by atoms with E-state index in [9.17, 15) is 4.79 Å². The lowest BCUT2D eigenvalue weighted by Gasteiger charge is -2.26. The lowest BCUT2D eigenvalue weighted by molar-refractivity contribution is -0.119. The van der Waals surface area contributed by atoms with Gasteiger partial charge in [-0.3, -0.25) is 4.79 Å². The average Bonchev–Trinajstić information content (AvgIpc) is 3.30. The van der Waals surface area contributed by atoms with E-state index in [1.54, 1.807) is 0 Å². The van der Waals surface area contributed by atoms with Gasteiger partial charge in [-0.15, -0.1) is 0 Å². The zero-order valence-corrected chi connectivity index (χ0v) is 14.0. The quantitative estimate of drug-likeness (QED) is 0.655. The highest BCUT2D eigenvalue weighted by molar-refractivity contribution is 5.94. The van der Waals surface area contributed by atoms with Gasteiger partial charge < -0.3 is 0 Å². The Hall–Kier alpha value is -2.67. The van der Waals surface area contributed by atoms with Crippen molar-refractivity contribution in [2.45, 2.75) is 23.7 Å². The Morgan fingerprint density at radius 2 is 1.16 bits per heavy atom. The molecular formula is C24H20O. The minimum absolute atomic E-state index is 0.0823. The highest BCUT2D eigenvalue weighted by Crippen LogP contribution is 2.76. The number of ketones is 1. The molecule has 0 aliphatic heterocycles. The van der Waals surface area contributed by atoms with Gasteiger partial charge in [-0.1, -0.05) is 91.0 Å². The van der Waals surface area contributed by atoms with E-state index in [0.29, 0.717) is 18.1 Å². The van der Waals surface area contributed by atoms with E-state index < -0.39 is 0 Å². The maximum absolute atomic E-state index is 13.0. The van der Waals surface area contributed by atoms with Crippen LogP contribution < -0.4 is 0 Å². The fourth-order valence-corrected chi connectivity index (χ4v) is 5.28. The van der Waals surface area contributed by atoms with E-state index in [0.717, 1.165) is 0 Å². The number of hydrogen-bond acceptors (Lipinski definition) is 1. The van der Waals surface area contributed by atoms with E-state index in [2.05, 4.69) is 84.9 Å². The molecule has 0 radical (unpaired) electrons. The Bertz CT molecular complexity index is 901. The molecule has 1 heteroatoms. The second-order valence-electron chi connectivity index (χ2n) is 7.30. The molecule has 0 aromatic heterocycles. The van der Waals surface area contributed by atoms with Gasteiger partial charge in [0.1, 0.15) is 5.78 Å². The summed E-state index contributed by atoms with van der Waals surface area (Å²) in [5, 5.41) is 0. The zero-order valence-electron chi connectivity index (χ0n) is 14.0. The van der Waals surface area contributed by atoms with Crippen LogP contribution >= 0.6 is 0 Å². The van der Waals surface area contributed by atoms with Gasteiger partial charge in [0, 0.05) is 29.6 Å². The first kappa shape index (κ1) is 14.7. The van der Waals surface area contributed by atoms with Gasteiger partial charge in [-0.25, -0.2) is 0 Å². The normalized spacial score (nSPS) is 30.1. The first-order chi connectivity index (χ1) is 12.3. The maximum atomic E-state index is 13.0. The minimum atomic E-state index is -0.0823. The summed E-state index contributed by atoms with van der Waals surface area (Å²) in [5.74, 6) is 1.09. The molecule has 0 amide bonds. The van der Waals surface area contributed by atoms with Crippen molar-refractivity contribution >= 4 is 5.78 Å². The van der Waals surface area contributed by atoms with E-state index >= 15 is 0 Å². The van der Waals surface area contributed by atoms with Crippen molar-refractivity contribution < 1.29 is 4.79 Å². The van der Waals surface area contributed by atoms with Crippen molar-refractivity contribution in [3.8, 4) is 0 Å². The van der Waals surface area contributed by atoms with Crippen molar-refractivity contribution in [2.24, 2.45) is 5.92 Å². The van der Waals surface area contributed by atoms with Crippen molar-refractivity contribution in [1.82, 2.24) is 0 Å². The molecular weight excluding hydrogens is 304 g/mol. The molecule has 3 aromatic carbocycles. The minimum Gasteiger partial charge on any atom is -0.299 e. The highest BCUT2D eigenvalue weighted by atomic mass is 16.1. The SMILES string of the molecule is O=C1C[C@H](c2ccccc2)[C@]2(c3ccccc3)[C@H]1[C@@H]2c1ccccc1. The largest absolute Gasteiger partial charge is 0.299 e. The number of hydrogen-bond donors (Lipinski definition) is 0. The van der Waals surface area contributed by atoms with Gasteiger partial charge in [0.15, 0.2) is 0 Å². The molecule has 0 spiro atoms. The lowest BCUT2D eigenvalue weighted by Crippen LogP contribution is -2.19. The Balaban J connectivity index is 1.70. The molecule has 3 aromatic rings. The third-order valence-electron chi connectivity index (χ3n) is 6.22. The first-order valence-electron chi connectivity index (χ1n) is 9.01. The van der Waals surface area contributed by atoms with Crippen LogP contribution in [0.15, 0.2) is 91.0 Å². The van der Waals surface area contributed by atoms with Crippen molar-refractivity contribution in [3.63, 3.8) is 0 Å². The van der Waals surface area contributed by atoms with Crippen LogP contribution in [0.4, 0.5) is 0 Å². The molecule has 0 N–H and O–H groups in total. The van der Waals surface area contributed by atoms with Crippen LogP contribution in [0.1, 0.15) is 34.9 Å². The molecule has 5 rings (SSSR count). The van der Waals surface area contributed by atoms with Crippen LogP contribution in [-0.2, 0) is 10.2 Å². The lowest BCUT2D eigenvalue weighted by atomic mass is 9.76. The predicted molar refractivity (Wildman–Crippen MR) is 99.6 cm³/mol. The van der Waals surface area contributed by atoms with E-state index in [4.69, 9.17) is 0 Å². The van der Waals surface area contributed by atoms with Crippen molar-refractivity contribution in [2.75, 3.05) is 0 Å². The van der Waals surface area contributed by atoms with Crippen molar-refractivity contribution in [1.29, 1.82) is 0 Å². The van der Waals surface area contributed by atoms with Crippen molar-refractivity contribution in [3.05, 3.63) is 108 Å². The fraction of sp³-hybridized carbons (Fsp3) is 0.208. The number of carbonyl (C=O) groups excluding carboxylic acids is 1. The van der Waals surface area contributed by atoms with E-state index in [-0.39, 0.29) is 17.3 Å². The second kappa shape index (κ2) is 5.42. The third kappa shape index (κ3) is 1.99. The highest BCUT2D eigenvalue weighted by Gasteiger charge is 2.75. The number of rotatable bonds is 3. The summed E-state index contributed by atoms with van der Waals surface area (Å²) < 4.78 is 0. The smallest absolute Gasteiger partial charge is 0.138 e. The Morgan fingerprint density at radius 1 is 0.640 bits per heavy atom. The molecule has 1 nitrogen and oxygen atoms in total. The number of benzene rings is 3. The summed E-state index contributed by atoms with van der Waals surface area (Å²) >= 11 is 0. The molecule has 25 heavy (non-hydrogen) atoms. The molecule has 0 bridgehead atoms. The Kier molecular flexibility index (Phi) is 3.18. The van der Waals surface area contributed by atoms with Crippen LogP contribution in [-0.4, -0.2) is 5.78 Å².